The van der Waals surface area contributed by atoms with Crippen LogP contribution in [0.1, 0.15) is 117 Å². The lowest BCUT2D eigenvalue weighted by Gasteiger charge is -2.41. The molecule has 2 heterocycles. The second-order valence-electron chi connectivity index (χ2n) is 15.3. The first kappa shape index (κ1) is 36.6. The second-order valence-corrected chi connectivity index (χ2v) is 15.3. The zero-order valence-corrected chi connectivity index (χ0v) is 29.1. The highest BCUT2D eigenvalue weighted by atomic mass is 16.7. The van der Waals surface area contributed by atoms with Gasteiger partial charge >= 0.3 is 5.97 Å². The predicted molar refractivity (Wildman–Crippen MR) is 179 cm³/mol. The molecule has 10 unspecified atom stereocenters. The molecule has 0 aromatic carbocycles. The van der Waals surface area contributed by atoms with Crippen LogP contribution in [0.2, 0.25) is 0 Å². The monoisotopic (exact) mass is 659 g/mol. The molecule has 0 amide bonds. The lowest BCUT2D eigenvalue weighted by molar-refractivity contribution is -0.166. The number of ketones is 2. The number of fused-ring (bicyclic) bond motifs is 2. The Balaban J connectivity index is 1.43. The van der Waals surface area contributed by atoms with Crippen molar-refractivity contribution in [3.05, 3.63) is 11.1 Å². The average Bonchev–Trinajstić information content (AvgIpc) is 3.79. The maximum atomic E-state index is 14.5. The zero-order chi connectivity index (χ0) is 33.8. The van der Waals surface area contributed by atoms with Gasteiger partial charge in [-0.3, -0.25) is 9.59 Å². The van der Waals surface area contributed by atoms with Crippen LogP contribution >= 0.6 is 0 Å². The number of piperidine rings is 1. The third-order valence-corrected chi connectivity index (χ3v) is 12.5. The topological polar surface area (TPSA) is 164 Å². The number of rotatable bonds is 15. The molecule has 266 valence electrons. The van der Waals surface area contributed by atoms with E-state index in [0.29, 0.717) is 43.1 Å². The summed E-state index contributed by atoms with van der Waals surface area (Å²) in [6, 6.07) is 0.161. The van der Waals surface area contributed by atoms with Gasteiger partial charge in [0.1, 0.15) is 6.10 Å². The smallest absolute Gasteiger partial charge is 0.350 e. The summed E-state index contributed by atoms with van der Waals surface area (Å²) >= 11 is 0. The largest absolute Gasteiger partial charge is 0.459 e. The lowest BCUT2D eigenvalue weighted by atomic mass is 9.60. The molecular formula is C37H61N3O7. The highest BCUT2D eigenvalue weighted by Crippen LogP contribution is 2.62. The number of carbonyl (C=O) groups is 3. The van der Waals surface area contributed by atoms with Gasteiger partial charge < -0.3 is 36.1 Å². The summed E-state index contributed by atoms with van der Waals surface area (Å²) in [5.74, 6) is -1.24. The maximum absolute atomic E-state index is 14.5. The van der Waals surface area contributed by atoms with Gasteiger partial charge in [-0.2, -0.15) is 0 Å². The van der Waals surface area contributed by atoms with E-state index in [1.54, 1.807) is 0 Å². The number of hydrogen-bond donors (Lipinski definition) is 5. The Morgan fingerprint density at radius 3 is 2.47 bits per heavy atom. The van der Waals surface area contributed by atoms with Crippen LogP contribution in [0.4, 0.5) is 0 Å². The molecule has 5 aliphatic rings. The van der Waals surface area contributed by atoms with Crippen molar-refractivity contribution in [1.82, 2.24) is 10.6 Å². The van der Waals surface area contributed by atoms with Crippen molar-refractivity contribution in [1.29, 1.82) is 0 Å². The van der Waals surface area contributed by atoms with Crippen molar-refractivity contribution in [2.75, 3.05) is 26.3 Å². The molecule has 3 aliphatic carbocycles. The van der Waals surface area contributed by atoms with E-state index in [4.69, 9.17) is 15.2 Å². The van der Waals surface area contributed by atoms with Crippen LogP contribution in [0, 0.1) is 29.6 Å². The van der Waals surface area contributed by atoms with Crippen molar-refractivity contribution >= 4 is 17.5 Å². The van der Waals surface area contributed by atoms with Crippen LogP contribution < -0.4 is 16.4 Å². The average molecular weight is 660 g/mol. The van der Waals surface area contributed by atoms with Crippen molar-refractivity contribution in [3.63, 3.8) is 0 Å². The molecular weight excluding hydrogens is 598 g/mol. The van der Waals surface area contributed by atoms with Gasteiger partial charge in [0.2, 0.25) is 0 Å². The number of epoxide rings is 1. The SMILES string of the molecule is CCNC1CCC(CC)CC1C(CCCO)OC(=O)C12OC1(CC(CO)=C(C)CCC1CCNC(N)C1)C(=O)C1CCCCC1C2=O. The van der Waals surface area contributed by atoms with Crippen molar-refractivity contribution in [2.24, 2.45) is 35.3 Å². The highest BCUT2D eigenvalue weighted by molar-refractivity contribution is 6.23. The molecule has 10 heteroatoms. The van der Waals surface area contributed by atoms with Crippen LogP contribution in [-0.4, -0.2) is 83.6 Å². The van der Waals surface area contributed by atoms with Gasteiger partial charge in [0.05, 0.1) is 12.8 Å². The van der Waals surface area contributed by atoms with E-state index in [1.807, 2.05) is 6.92 Å². The Kier molecular flexibility index (Phi) is 12.4. The quantitative estimate of drug-likeness (QED) is 0.0758. The maximum Gasteiger partial charge on any atom is 0.350 e. The summed E-state index contributed by atoms with van der Waals surface area (Å²) in [7, 11) is 0. The second kappa shape index (κ2) is 15.9. The van der Waals surface area contributed by atoms with E-state index in [0.717, 1.165) is 82.9 Å². The number of hydrogen-bond acceptors (Lipinski definition) is 10. The standard InChI is InChI=1S/C37H61N3O7/c1-4-24-14-15-30(39-5-2)29(19-24)31(11-8-18-41)46-35(45)37-34(44)28-10-7-6-9-27(28)33(43)36(37,47-37)21-26(22-42)23(3)12-13-25-16-17-40-32(38)20-25/h24-25,27-32,39-42H,4-22,38H2,1-3H3. The minimum atomic E-state index is -1.98. The van der Waals surface area contributed by atoms with Crippen molar-refractivity contribution < 1.29 is 34.1 Å². The molecule has 0 radical (unpaired) electrons. The Hall–Kier alpha value is -1.69. The first-order valence-corrected chi connectivity index (χ1v) is 18.8. The van der Waals surface area contributed by atoms with Crippen LogP contribution in [0.3, 0.4) is 0 Å². The van der Waals surface area contributed by atoms with Gasteiger partial charge in [-0.15, -0.1) is 0 Å². The van der Waals surface area contributed by atoms with Crippen molar-refractivity contribution in [2.45, 2.75) is 147 Å². The van der Waals surface area contributed by atoms with E-state index in [-0.39, 0.29) is 49.3 Å². The van der Waals surface area contributed by atoms with E-state index < -0.39 is 35.1 Å². The number of esters is 1. The minimum Gasteiger partial charge on any atom is -0.459 e. The number of nitrogens with one attached hydrogen (secondary N) is 2. The van der Waals surface area contributed by atoms with Gasteiger partial charge in [0, 0.05) is 36.8 Å². The minimum absolute atomic E-state index is 0.00857. The van der Waals surface area contributed by atoms with Gasteiger partial charge in [0.25, 0.3) is 5.60 Å². The summed E-state index contributed by atoms with van der Waals surface area (Å²) < 4.78 is 12.7. The molecule has 0 spiro atoms. The number of aliphatic hydroxyl groups excluding tert-OH is 2. The van der Waals surface area contributed by atoms with Gasteiger partial charge in [-0.1, -0.05) is 38.7 Å². The normalized spacial score (nSPS) is 38.2. The van der Waals surface area contributed by atoms with Gasteiger partial charge in [-0.25, -0.2) is 4.79 Å². The molecule has 5 fully saturated rings. The Labute approximate surface area is 281 Å². The number of allylic oxidation sites excluding steroid dienone is 1. The summed E-state index contributed by atoms with van der Waals surface area (Å²) in [5, 5.41) is 27.3. The summed E-state index contributed by atoms with van der Waals surface area (Å²) in [6.07, 6.45) is 11.0. The Bertz CT molecular complexity index is 1160. The molecule has 10 nitrogen and oxygen atoms in total. The van der Waals surface area contributed by atoms with E-state index in [1.165, 1.54) is 0 Å². The number of Topliss-reactive ketones (excluding diaryl/α,β-unsaturated/α-hetero) is 2. The van der Waals surface area contributed by atoms with E-state index in [9.17, 15) is 24.6 Å². The van der Waals surface area contributed by atoms with Crippen LogP contribution in [0.25, 0.3) is 0 Å². The molecule has 47 heavy (non-hydrogen) atoms. The molecule has 0 aromatic heterocycles. The van der Waals surface area contributed by atoms with Gasteiger partial charge in [-0.05, 0) is 108 Å². The lowest BCUT2D eigenvalue weighted by Crippen LogP contribution is -2.59. The molecule has 0 aromatic rings. The Morgan fingerprint density at radius 2 is 1.81 bits per heavy atom. The fourth-order valence-corrected chi connectivity index (χ4v) is 9.58. The molecule has 10 atom stereocenters. The third-order valence-electron chi connectivity index (χ3n) is 12.5. The molecule has 6 N–H and O–H groups in total. The fourth-order valence-electron chi connectivity index (χ4n) is 9.58. The first-order chi connectivity index (χ1) is 22.6. The predicted octanol–water partition coefficient (Wildman–Crippen LogP) is 3.70. The molecule has 3 saturated carbocycles. The Morgan fingerprint density at radius 1 is 1.06 bits per heavy atom. The zero-order valence-electron chi connectivity index (χ0n) is 29.1. The van der Waals surface area contributed by atoms with E-state index >= 15 is 0 Å². The molecule has 5 rings (SSSR count). The fraction of sp³-hybridized carbons (Fsp3) is 0.865. The summed E-state index contributed by atoms with van der Waals surface area (Å²) in [4.78, 5) is 43.4. The number of nitrogens with two attached hydrogens (primary N) is 1. The van der Waals surface area contributed by atoms with E-state index in [2.05, 4.69) is 24.5 Å². The summed E-state index contributed by atoms with van der Waals surface area (Å²) in [6.45, 7) is 7.63. The highest BCUT2D eigenvalue weighted by Gasteiger charge is 2.87. The van der Waals surface area contributed by atoms with Gasteiger partial charge in [0.15, 0.2) is 17.2 Å². The van der Waals surface area contributed by atoms with Crippen molar-refractivity contribution in [3.8, 4) is 0 Å². The number of aliphatic hydroxyl groups is 2. The molecule has 2 aliphatic heterocycles. The molecule has 2 saturated heterocycles. The van der Waals surface area contributed by atoms with Crippen LogP contribution in [-0.2, 0) is 23.9 Å². The molecule has 0 bridgehead atoms. The first-order valence-electron chi connectivity index (χ1n) is 18.8. The van der Waals surface area contributed by atoms with Crippen LogP contribution in [0.15, 0.2) is 11.1 Å². The summed E-state index contributed by atoms with van der Waals surface area (Å²) in [5.41, 5.74) is 4.14. The number of carbonyl (C=O) groups excluding carboxylic acids is 3. The number of ether oxygens (including phenoxy) is 2. The third kappa shape index (κ3) is 7.29. The van der Waals surface area contributed by atoms with Crippen LogP contribution in [0.5, 0.6) is 0 Å².